The van der Waals surface area contributed by atoms with Gasteiger partial charge in [-0.15, -0.1) is 0 Å². The highest BCUT2D eigenvalue weighted by Crippen LogP contribution is 2.40. The molecule has 0 bridgehead atoms. The number of carbonyl (C=O) groups excluding carboxylic acids is 2. The van der Waals surface area contributed by atoms with Crippen molar-refractivity contribution in [2.75, 3.05) is 27.9 Å². The molecule has 0 atom stereocenters. The van der Waals surface area contributed by atoms with Gasteiger partial charge >= 0.3 is 11.9 Å². The number of hydrogen-bond donors (Lipinski definition) is 0. The number of unbranched alkanes of at least 4 members (excludes halogenated alkanes) is 3. The third-order valence-electron chi connectivity index (χ3n) is 5.35. The molecule has 0 spiro atoms. The van der Waals surface area contributed by atoms with Gasteiger partial charge in [0.05, 0.1) is 33.6 Å². The fourth-order valence-electron chi connectivity index (χ4n) is 3.66. The lowest BCUT2D eigenvalue weighted by molar-refractivity contribution is 0.0549. The Balaban J connectivity index is 2.22. The van der Waals surface area contributed by atoms with Crippen LogP contribution in [0.4, 0.5) is 0 Å². The Kier molecular flexibility index (Phi) is 8.67. The van der Waals surface area contributed by atoms with Gasteiger partial charge in [-0.25, -0.2) is 14.3 Å². The topological polar surface area (TPSA) is 88.9 Å². The van der Waals surface area contributed by atoms with E-state index in [9.17, 15) is 9.59 Å². The number of methoxy groups -OCH3 is 3. The van der Waals surface area contributed by atoms with E-state index >= 15 is 0 Å². The Hall–Kier alpha value is -3.81. The highest BCUT2D eigenvalue weighted by atomic mass is 16.5. The van der Waals surface area contributed by atoms with Crippen molar-refractivity contribution in [2.45, 2.75) is 32.6 Å². The summed E-state index contributed by atoms with van der Waals surface area (Å²) in [6.07, 6.45) is 4.17. The van der Waals surface area contributed by atoms with E-state index in [2.05, 4.69) is 12.0 Å². The van der Waals surface area contributed by atoms with Gasteiger partial charge in [0.2, 0.25) is 0 Å². The van der Waals surface area contributed by atoms with Crippen LogP contribution in [-0.4, -0.2) is 49.7 Å². The lowest BCUT2D eigenvalue weighted by Gasteiger charge is -2.15. The van der Waals surface area contributed by atoms with Crippen LogP contribution in [0.25, 0.3) is 16.9 Å². The molecule has 0 saturated heterocycles. The monoisotopic (exact) mass is 466 g/mol. The molecule has 8 heteroatoms. The molecule has 0 radical (unpaired) electrons. The number of esters is 2. The van der Waals surface area contributed by atoms with Crippen LogP contribution in [0.15, 0.2) is 48.5 Å². The molecule has 34 heavy (non-hydrogen) atoms. The van der Waals surface area contributed by atoms with Crippen LogP contribution in [0.5, 0.6) is 11.5 Å². The molecule has 0 saturated carbocycles. The minimum Gasteiger partial charge on any atom is -0.493 e. The molecule has 3 aromatic rings. The molecule has 0 amide bonds. The standard InChI is InChI=1S/C26H30N2O6/c1-5-6-7-11-17-34-24-19(15-12-16-20(24)31-2)22-21(25(29)32-3)23(26(30)33-4)28(27-22)18-13-9-8-10-14-18/h8-10,12-16H,5-7,11,17H2,1-4H3. The predicted molar refractivity (Wildman–Crippen MR) is 128 cm³/mol. The molecule has 0 aliphatic carbocycles. The van der Waals surface area contributed by atoms with Crippen molar-refractivity contribution in [1.82, 2.24) is 9.78 Å². The lowest BCUT2D eigenvalue weighted by Crippen LogP contribution is -2.15. The number of benzene rings is 2. The smallest absolute Gasteiger partial charge is 0.357 e. The zero-order valence-electron chi connectivity index (χ0n) is 20.0. The SMILES string of the molecule is CCCCCCOc1c(OC)cccc1-c1nn(-c2ccccc2)c(C(=O)OC)c1C(=O)OC. The summed E-state index contributed by atoms with van der Waals surface area (Å²) in [5.74, 6) is -0.485. The van der Waals surface area contributed by atoms with Crippen molar-refractivity contribution in [3.05, 3.63) is 59.8 Å². The summed E-state index contributed by atoms with van der Waals surface area (Å²) in [6, 6.07) is 14.4. The minimum atomic E-state index is -0.715. The van der Waals surface area contributed by atoms with Gasteiger partial charge in [-0.05, 0) is 30.7 Å². The van der Waals surface area contributed by atoms with Crippen LogP contribution < -0.4 is 9.47 Å². The van der Waals surface area contributed by atoms with Crippen molar-refractivity contribution in [3.8, 4) is 28.4 Å². The normalized spacial score (nSPS) is 10.6. The summed E-state index contributed by atoms with van der Waals surface area (Å²) in [5.41, 5.74) is 1.28. The average Bonchev–Trinajstić information content (AvgIpc) is 3.28. The van der Waals surface area contributed by atoms with E-state index in [1.807, 2.05) is 18.2 Å². The first-order chi connectivity index (χ1) is 16.6. The van der Waals surface area contributed by atoms with Gasteiger partial charge in [0, 0.05) is 5.56 Å². The van der Waals surface area contributed by atoms with Crippen molar-refractivity contribution < 1.29 is 28.5 Å². The highest BCUT2D eigenvalue weighted by molar-refractivity contribution is 6.07. The van der Waals surface area contributed by atoms with Gasteiger partial charge in [-0.1, -0.05) is 50.5 Å². The molecular formula is C26H30N2O6. The Labute approximate surface area is 199 Å². The molecule has 1 heterocycles. The number of rotatable bonds is 11. The first-order valence-electron chi connectivity index (χ1n) is 11.2. The van der Waals surface area contributed by atoms with Crippen LogP contribution >= 0.6 is 0 Å². The second-order valence-corrected chi connectivity index (χ2v) is 7.55. The van der Waals surface area contributed by atoms with Crippen molar-refractivity contribution in [1.29, 1.82) is 0 Å². The van der Waals surface area contributed by atoms with Crippen LogP contribution in [0.3, 0.4) is 0 Å². The zero-order chi connectivity index (χ0) is 24.5. The first-order valence-corrected chi connectivity index (χ1v) is 11.2. The molecule has 180 valence electrons. The van der Waals surface area contributed by atoms with Gasteiger partial charge in [-0.2, -0.15) is 5.10 Å². The summed E-state index contributed by atoms with van der Waals surface area (Å²) in [7, 11) is 4.05. The maximum absolute atomic E-state index is 12.9. The Morgan fingerprint density at radius 3 is 2.26 bits per heavy atom. The lowest BCUT2D eigenvalue weighted by atomic mass is 10.0. The van der Waals surface area contributed by atoms with E-state index in [1.165, 1.54) is 18.9 Å². The number of ether oxygens (including phenoxy) is 4. The minimum absolute atomic E-state index is 0.0118. The maximum atomic E-state index is 12.9. The van der Waals surface area contributed by atoms with Gasteiger partial charge in [0.25, 0.3) is 0 Å². The summed E-state index contributed by atoms with van der Waals surface area (Å²) < 4.78 is 23.1. The highest BCUT2D eigenvalue weighted by Gasteiger charge is 2.33. The molecule has 0 N–H and O–H groups in total. The number of aromatic nitrogens is 2. The third kappa shape index (κ3) is 5.22. The zero-order valence-corrected chi connectivity index (χ0v) is 20.0. The number of nitrogens with zero attached hydrogens (tertiary/aromatic N) is 2. The Bertz CT molecular complexity index is 1120. The first kappa shape index (κ1) is 24.8. The number of para-hydroxylation sites is 2. The van der Waals surface area contributed by atoms with Gasteiger partial charge < -0.3 is 18.9 Å². The molecule has 0 aliphatic heterocycles. The van der Waals surface area contributed by atoms with E-state index < -0.39 is 11.9 Å². The molecule has 3 rings (SSSR count). The maximum Gasteiger partial charge on any atom is 0.357 e. The van der Waals surface area contributed by atoms with Crippen LogP contribution in [-0.2, 0) is 9.47 Å². The molecule has 0 fully saturated rings. The van der Waals surface area contributed by atoms with E-state index in [0.29, 0.717) is 29.4 Å². The fraction of sp³-hybridized carbons (Fsp3) is 0.346. The second kappa shape index (κ2) is 11.9. The molecule has 8 nitrogen and oxygen atoms in total. The summed E-state index contributed by atoms with van der Waals surface area (Å²) >= 11 is 0. The van der Waals surface area contributed by atoms with Crippen LogP contribution in [0.2, 0.25) is 0 Å². The van der Waals surface area contributed by atoms with E-state index in [4.69, 9.17) is 18.9 Å². The molecule has 0 unspecified atom stereocenters. The molecule has 2 aromatic carbocycles. The predicted octanol–water partition coefficient (Wildman–Crippen LogP) is 5.08. The van der Waals surface area contributed by atoms with Gasteiger partial charge in [0.15, 0.2) is 17.2 Å². The molecular weight excluding hydrogens is 436 g/mol. The van der Waals surface area contributed by atoms with Crippen molar-refractivity contribution in [2.24, 2.45) is 0 Å². The summed E-state index contributed by atoms with van der Waals surface area (Å²) in [4.78, 5) is 25.8. The van der Waals surface area contributed by atoms with Crippen LogP contribution in [0.1, 0.15) is 53.5 Å². The quantitative estimate of drug-likeness (QED) is 0.288. The molecule has 0 aliphatic rings. The number of hydrogen-bond acceptors (Lipinski definition) is 7. The fourth-order valence-corrected chi connectivity index (χ4v) is 3.66. The van der Waals surface area contributed by atoms with Gasteiger partial charge in [0.1, 0.15) is 11.3 Å². The van der Waals surface area contributed by atoms with E-state index in [0.717, 1.165) is 25.7 Å². The average molecular weight is 467 g/mol. The number of carbonyl (C=O) groups is 2. The third-order valence-corrected chi connectivity index (χ3v) is 5.35. The Morgan fingerprint density at radius 1 is 0.882 bits per heavy atom. The van der Waals surface area contributed by atoms with E-state index in [-0.39, 0.29) is 17.0 Å². The summed E-state index contributed by atoms with van der Waals surface area (Å²) in [6.45, 7) is 2.62. The van der Waals surface area contributed by atoms with E-state index in [1.54, 1.807) is 37.4 Å². The second-order valence-electron chi connectivity index (χ2n) is 7.55. The Morgan fingerprint density at radius 2 is 1.62 bits per heavy atom. The van der Waals surface area contributed by atoms with Crippen molar-refractivity contribution >= 4 is 11.9 Å². The largest absolute Gasteiger partial charge is 0.493 e. The van der Waals surface area contributed by atoms with Crippen molar-refractivity contribution in [3.63, 3.8) is 0 Å². The van der Waals surface area contributed by atoms with Crippen LogP contribution in [0, 0.1) is 0 Å². The summed E-state index contributed by atoms with van der Waals surface area (Å²) in [5, 5.41) is 4.66. The molecule has 1 aromatic heterocycles. The van der Waals surface area contributed by atoms with Gasteiger partial charge in [-0.3, -0.25) is 0 Å².